The number of nitrogens with one attached hydrogen (secondary N) is 2. The van der Waals surface area contributed by atoms with Gasteiger partial charge in [0.2, 0.25) is 15.5 Å². The number of benzene rings is 3. The molecule has 0 saturated heterocycles. The highest BCUT2D eigenvalue weighted by molar-refractivity contribution is 7.89. The maximum absolute atomic E-state index is 13.4. The zero-order chi connectivity index (χ0) is 24.6. The van der Waals surface area contributed by atoms with Crippen molar-refractivity contribution in [3.63, 3.8) is 0 Å². The number of aromatic nitrogens is 1. The van der Waals surface area contributed by atoms with Crippen molar-refractivity contribution in [2.24, 2.45) is 0 Å². The Morgan fingerprint density at radius 1 is 1.03 bits per heavy atom. The predicted octanol–water partition coefficient (Wildman–Crippen LogP) is 3.34. The fraction of sp³-hybridized carbons (Fsp3) is 0.154. The van der Waals surface area contributed by atoms with Crippen molar-refractivity contribution in [3.8, 4) is 0 Å². The van der Waals surface area contributed by atoms with E-state index in [4.69, 9.17) is 0 Å². The lowest BCUT2D eigenvalue weighted by Crippen LogP contribution is -2.36. The van der Waals surface area contributed by atoms with Gasteiger partial charge in [0.05, 0.1) is 4.90 Å². The van der Waals surface area contributed by atoms with Crippen molar-refractivity contribution in [1.82, 2.24) is 14.6 Å². The molecule has 7 nitrogen and oxygen atoms in total. The zero-order valence-electron chi connectivity index (χ0n) is 18.6. The van der Waals surface area contributed by atoms with Crippen molar-refractivity contribution < 1.29 is 17.6 Å². The standard InChI is InChI=1S/C26H22FN3O4S/c27-20-7-5-17(6-8-20)14-29-26(32)23-15-28-24-10-9-21(13-22(24)25(23)31)35(33,34)30-12-11-18-3-1-2-4-19(18)16-30/h1-10,13,15H,11-12,14,16H2,(H,28,31)(H,29,32). The van der Waals surface area contributed by atoms with Crippen LogP contribution in [0.5, 0.6) is 0 Å². The summed E-state index contributed by atoms with van der Waals surface area (Å²) in [4.78, 5) is 28.7. The van der Waals surface area contributed by atoms with Gasteiger partial charge in [-0.1, -0.05) is 36.4 Å². The molecule has 0 atom stereocenters. The molecule has 178 valence electrons. The Balaban J connectivity index is 1.42. The second kappa shape index (κ2) is 9.09. The number of carbonyl (C=O) groups excluding carboxylic acids is 1. The van der Waals surface area contributed by atoms with Crippen LogP contribution in [0.1, 0.15) is 27.0 Å². The van der Waals surface area contributed by atoms with Crippen molar-refractivity contribution in [3.05, 3.63) is 111 Å². The summed E-state index contributed by atoms with van der Waals surface area (Å²) in [5.41, 5.74) is 2.48. The monoisotopic (exact) mass is 491 g/mol. The van der Waals surface area contributed by atoms with E-state index in [1.807, 2.05) is 24.3 Å². The highest BCUT2D eigenvalue weighted by Gasteiger charge is 2.28. The highest BCUT2D eigenvalue weighted by atomic mass is 32.2. The van der Waals surface area contributed by atoms with Gasteiger partial charge in [0.1, 0.15) is 11.4 Å². The zero-order valence-corrected chi connectivity index (χ0v) is 19.4. The minimum Gasteiger partial charge on any atom is -0.360 e. The van der Waals surface area contributed by atoms with Gasteiger partial charge >= 0.3 is 0 Å². The molecule has 0 spiro atoms. The van der Waals surface area contributed by atoms with E-state index < -0.39 is 21.4 Å². The first-order valence-corrected chi connectivity index (χ1v) is 12.5. The number of carbonyl (C=O) groups is 1. The van der Waals surface area contributed by atoms with E-state index in [-0.39, 0.29) is 34.8 Å². The number of aromatic amines is 1. The second-order valence-electron chi connectivity index (χ2n) is 8.41. The molecule has 1 aliphatic rings. The van der Waals surface area contributed by atoms with Crippen LogP contribution >= 0.6 is 0 Å². The Labute approximate surface area is 201 Å². The molecular formula is C26H22FN3O4S. The molecule has 0 saturated carbocycles. The van der Waals surface area contributed by atoms with Gasteiger partial charge in [0.25, 0.3) is 5.91 Å². The summed E-state index contributed by atoms with van der Waals surface area (Å²) >= 11 is 0. The molecule has 1 amide bonds. The summed E-state index contributed by atoms with van der Waals surface area (Å²) in [6.45, 7) is 0.722. The van der Waals surface area contributed by atoms with E-state index in [0.717, 1.165) is 11.1 Å². The molecule has 0 fully saturated rings. The minimum atomic E-state index is -3.85. The SMILES string of the molecule is O=C(NCc1ccc(F)cc1)c1c[nH]c2ccc(S(=O)(=O)N3CCc4ccccc4C3)cc2c1=O. The van der Waals surface area contributed by atoms with Gasteiger partial charge in [-0.3, -0.25) is 9.59 Å². The lowest BCUT2D eigenvalue weighted by Gasteiger charge is -2.28. The van der Waals surface area contributed by atoms with Crippen LogP contribution in [0.25, 0.3) is 10.9 Å². The third-order valence-corrected chi connectivity index (χ3v) is 8.04. The molecule has 0 unspecified atom stereocenters. The largest absolute Gasteiger partial charge is 0.360 e. The highest BCUT2D eigenvalue weighted by Crippen LogP contribution is 2.26. The Morgan fingerprint density at radius 3 is 2.54 bits per heavy atom. The molecule has 3 aromatic carbocycles. The van der Waals surface area contributed by atoms with Gasteiger partial charge in [-0.25, -0.2) is 12.8 Å². The third kappa shape index (κ3) is 4.48. The molecular weight excluding hydrogens is 469 g/mol. The van der Waals surface area contributed by atoms with Crippen LogP contribution in [0.4, 0.5) is 4.39 Å². The number of nitrogens with zero attached hydrogens (tertiary/aromatic N) is 1. The number of hydrogen-bond donors (Lipinski definition) is 2. The van der Waals surface area contributed by atoms with Crippen LogP contribution in [-0.2, 0) is 29.5 Å². The number of hydrogen-bond acceptors (Lipinski definition) is 4. The first-order valence-electron chi connectivity index (χ1n) is 11.1. The molecule has 35 heavy (non-hydrogen) atoms. The lowest BCUT2D eigenvalue weighted by atomic mass is 10.0. The van der Waals surface area contributed by atoms with Gasteiger partial charge in [-0.15, -0.1) is 0 Å². The topological polar surface area (TPSA) is 99.3 Å². The van der Waals surface area contributed by atoms with Gasteiger partial charge < -0.3 is 10.3 Å². The molecule has 0 radical (unpaired) electrons. The average molecular weight is 492 g/mol. The Kier molecular flexibility index (Phi) is 5.96. The van der Waals surface area contributed by atoms with Gasteiger partial charge in [0, 0.05) is 36.7 Å². The summed E-state index contributed by atoms with van der Waals surface area (Å²) in [5, 5.41) is 2.75. The van der Waals surface area contributed by atoms with Gasteiger partial charge in [-0.2, -0.15) is 4.31 Å². The molecule has 9 heteroatoms. The number of halogens is 1. The van der Waals surface area contributed by atoms with E-state index in [1.165, 1.54) is 53.0 Å². The normalized spacial score (nSPS) is 14.0. The van der Waals surface area contributed by atoms with Gasteiger partial charge in [-0.05, 0) is 53.4 Å². The third-order valence-electron chi connectivity index (χ3n) is 6.20. The van der Waals surface area contributed by atoms with E-state index in [0.29, 0.717) is 24.0 Å². The van der Waals surface area contributed by atoms with Crippen LogP contribution < -0.4 is 10.7 Å². The van der Waals surface area contributed by atoms with Gasteiger partial charge in [0.15, 0.2) is 0 Å². The van der Waals surface area contributed by atoms with Crippen molar-refractivity contribution in [1.29, 1.82) is 0 Å². The van der Waals surface area contributed by atoms with E-state index in [9.17, 15) is 22.4 Å². The first kappa shape index (κ1) is 22.9. The molecule has 0 bridgehead atoms. The van der Waals surface area contributed by atoms with Crippen LogP contribution in [0, 0.1) is 5.82 Å². The maximum atomic E-state index is 13.4. The first-order chi connectivity index (χ1) is 16.8. The fourth-order valence-corrected chi connectivity index (χ4v) is 5.68. The Bertz CT molecular complexity index is 1600. The second-order valence-corrected chi connectivity index (χ2v) is 10.3. The van der Waals surface area contributed by atoms with E-state index >= 15 is 0 Å². The number of amides is 1. The molecule has 0 aliphatic carbocycles. The van der Waals surface area contributed by atoms with Crippen LogP contribution in [0.3, 0.4) is 0 Å². The van der Waals surface area contributed by atoms with Crippen LogP contribution in [-0.4, -0.2) is 30.2 Å². The quantitative estimate of drug-likeness (QED) is 0.447. The number of fused-ring (bicyclic) bond motifs is 2. The Hall–Kier alpha value is -3.82. The minimum absolute atomic E-state index is 0.00116. The maximum Gasteiger partial charge on any atom is 0.257 e. The predicted molar refractivity (Wildman–Crippen MR) is 130 cm³/mol. The number of sulfonamides is 1. The van der Waals surface area contributed by atoms with E-state index in [1.54, 1.807) is 0 Å². The molecule has 5 rings (SSSR count). The van der Waals surface area contributed by atoms with Crippen molar-refractivity contribution in [2.75, 3.05) is 6.54 Å². The molecule has 2 heterocycles. The number of H-pyrrole nitrogens is 1. The van der Waals surface area contributed by atoms with Crippen molar-refractivity contribution in [2.45, 2.75) is 24.4 Å². The summed E-state index contributed by atoms with van der Waals surface area (Å²) in [7, 11) is -3.85. The molecule has 1 aromatic heterocycles. The smallest absolute Gasteiger partial charge is 0.257 e. The lowest BCUT2D eigenvalue weighted by molar-refractivity contribution is 0.0949. The fourth-order valence-electron chi connectivity index (χ4n) is 4.23. The average Bonchev–Trinajstić information content (AvgIpc) is 2.88. The number of pyridine rings is 1. The summed E-state index contributed by atoms with van der Waals surface area (Å²) in [5.74, 6) is -0.996. The van der Waals surface area contributed by atoms with Crippen LogP contribution in [0.15, 0.2) is 82.6 Å². The molecule has 1 aliphatic heterocycles. The van der Waals surface area contributed by atoms with Crippen LogP contribution in [0.2, 0.25) is 0 Å². The van der Waals surface area contributed by atoms with E-state index in [2.05, 4.69) is 10.3 Å². The summed E-state index contributed by atoms with van der Waals surface area (Å²) in [6.07, 6.45) is 1.92. The molecule has 4 aromatic rings. The molecule has 2 N–H and O–H groups in total. The Morgan fingerprint density at radius 2 is 1.77 bits per heavy atom. The number of rotatable bonds is 5. The summed E-state index contributed by atoms with van der Waals surface area (Å²) < 4.78 is 41.2. The van der Waals surface area contributed by atoms with Crippen molar-refractivity contribution >= 4 is 26.8 Å². The summed E-state index contributed by atoms with van der Waals surface area (Å²) in [6, 6.07) is 17.7.